The Morgan fingerprint density at radius 1 is 0.966 bits per heavy atom. The van der Waals surface area contributed by atoms with Gasteiger partial charge in [0.2, 0.25) is 5.95 Å². The van der Waals surface area contributed by atoms with Crippen molar-refractivity contribution in [1.82, 2.24) is 14.9 Å². The molecule has 0 spiro atoms. The molecule has 146 valence electrons. The average Bonchev–Trinajstić information content (AvgIpc) is 2.77. The van der Waals surface area contributed by atoms with Crippen molar-refractivity contribution in [2.24, 2.45) is 0 Å². The summed E-state index contributed by atoms with van der Waals surface area (Å²) >= 11 is 0. The number of anilines is 1. The molecule has 0 aliphatic carbocycles. The van der Waals surface area contributed by atoms with Crippen LogP contribution >= 0.6 is 0 Å². The molecule has 0 atom stereocenters. The average molecular weight is 385 g/mol. The largest absolute Gasteiger partial charge is 0.490 e. The molecule has 1 aliphatic heterocycles. The molecular weight excluding hydrogens is 362 g/mol. The van der Waals surface area contributed by atoms with E-state index in [0.717, 1.165) is 54.9 Å². The van der Waals surface area contributed by atoms with E-state index in [4.69, 9.17) is 15.7 Å². The van der Waals surface area contributed by atoms with E-state index in [1.807, 2.05) is 36.4 Å². The maximum absolute atomic E-state index is 8.91. The second-order valence-corrected chi connectivity index (χ2v) is 7.26. The lowest BCUT2D eigenvalue weighted by Gasteiger charge is -2.32. The highest BCUT2D eigenvalue weighted by atomic mass is 16.5. The summed E-state index contributed by atoms with van der Waals surface area (Å²) in [5, 5.41) is 8.91. The quantitative estimate of drug-likeness (QED) is 0.721. The fourth-order valence-corrected chi connectivity index (χ4v) is 3.55. The Labute approximate surface area is 170 Å². The number of piperidine rings is 1. The Kier molecular flexibility index (Phi) is 5.68. The number of hydrogen-bond acceptors (Lipinski definition) is 6. The summed E-state index contributed by atoms with van der Waals surface area (Å²) in [6.07, 6.45) is 5.80. The molecule has 0 radical (unpaired) electrons. The second kappa shape index (κ2) is 8.72. The molecule has 0 amide bonds. The number of likely N-dealkylation sites (tertiary alicyclic amines) is 1. The van der Waals surface area contributed by atoms with Crippen molar-refractivity contribution in [1.29, 1.82) is 5.26 Å². The lowest BCUT2D eigenvalue weighted by molar-refractivity contribution is 0.0967. The van der Waals surface area contributed by atoms with Crippen molar-refractivity contribution in [2.75, 3.05) is 18.8 Å². The zero-order chi connectivity index (χ0) is 20.1. The van der Waals surface area contributed by atoms with Crippen LogP contribution in [0.25, 0.3) is 11.1 Å². The smallest absolute Gasteiger partial charge is 0.219 e. The van der Waals surface area contributed by atoms with Crippen LogP contribution in [0, 0.1) is 11.3 Å². The van der Waals surface area contributed by atoms with Crippen molar-refractivity contribution >= 4 is 5.95 Å². The normalized spacial score (nSPS) is 15.0. The van der Waals surface area contributed by atoms with Crippen LogP contribution in [0.4, 0.5) is 5.95 Å². The third kappa shape index (κ3) is 4.89. The van der Waals surface area contributed by atoms with Gasteiger partial charge in [0.25, 0.3) is 0 Å². The molecule has 0 bridgehead atoms. The Hall–Kier alpha value is -3.43. The molecule has 1 aliphatic rings. The van der Waals surface area contributed by atoms with Crippen LogP contribution < -0.4 is 10.5 Å². The minimum absolute atomic E-state index is 0.231. The van der Waals surface area contributed by atoms with E-state index in [1.165, 1.54) is 0 Å². The van der Waals surface area contributed by atoms with Gasteiger partial charge in [-0.15, -0.1) is 0 Å². The van der Waals surface area contributed by atoms with Crippen molar-refractivity contribution < 1.29 is 4.74 Å². The highest BCUT2D eigenvalue weighted by Crippen LogP contribution is 2.25. The van der Waals surface area contributed by atoms with Crippen molar-refractivity contribution in [3.8, 4) is 22.9 Å². The predicted molar refractivity (Wildman–Crippen MR) is 112 cm³/mol. The summed E-state index contributed by atoms with van der Waals surface area (Å²) in [4.78, 5) is 10.5. The Morgan fingerprint density at radius 2 is 1.55 bits per heavy atom. The van der Waals surface area contributed by atoms with Gasteiger partial charge in [0.15, 0.2) is 0 Å². The van der Waals surface area contributed by atoms with Crippen molar-refractivity contribution in [2.45, 2.75) is 25.5 Å². The fourth-order valence-electron chi connectivity index (χ4n) is 3.55. The number of ether oxygens (including phenoxy) is 1. The molecule has 1 fully saturated rings. The number of nitrogens with two attached hydrogens (primary N) is 1. The third-order valence-corrected chi connectivity index (χ3v) is 5.17. The van der Waals surface area contributed by atoms with E-state index in [9.17, 15) is 0 Å². The zero-order valence-corrected chi connectivity index (χ0v) is 16.2. The van der Waals surface area contributed by atoms with E-state index in [0.29, 0.717) is 11.5 Å². The predicted octanol–water partition coefficient (Wildman–Crippen LogP) is 3.64. The van der Waals surface area contributed by atoms with E-state index in [2.05, 4.69) is 33.1 Å². The Morgan fingerprint density at radius 3 is 2.14 bits per heavy atom. The molecule has 2 aromatic carbocycles. The minimum Gasteiger partial charge on any atom is -0.490 e. The number of hydrogen-bond donors (Lipinski definition) is 1. The standard InChI is InChI=1S/C23H23N5O/c24-13-17-1-3-19(4-2-17)20-5-7-21(8-6-20)29-22-9-11-28(12-10-22)16-18-14-26-23(25)27-15-18/h1-8,14-15,22H,9-12,16H2,(H2,25,26,27). The highest BCUT2D eigenvalue weighted by Gasteiger charge is 2.20. The van der Waals surface area contributed by atoms with Crippen molar-refractivity contribution in [3.05, 3.63) is 72.1 Å². The van der Waals surface area contributed by atoms with E-state index in [1.54, 1.807) is 12.4 Å². The highest BCUT2D eigenvalue weighted by molar-refractivity contribution is 5.64. The number of nitrogens with zero attached hydrogens (tertiary/aromatic N) is 4. The van der Waals surface area contributed by atoms with E-state index >= 15 is 0 Å². The lowest BCUT2D eigenvalue weighted by Crippen LogP contribution is -2.37. The van der Waals surface area contributed by atoms with E-state index < -0.39 is 0 Å². The van der Waals surface area contributed by atoms with Gasteiger partial charge in [0, 0.05) is 37.6 Å². The van der Waals surface area contributed by atoms with Crippen LogP contribution in [0.5, 0.6) is 5.75 Å². The van der Waals surface area contributed by atoms with Crippen LogP contribution in [0.15, 0.2) is 60.9 Å². The van der Waals surface area contributed by atoms with Crippen LogP contribution in [0.3, 0.4) is 0 Å². The molecule has 2 heterocycles. The zero-order valence-electron chi connectivity index (χ0n) is 16.2. The van der Waals surface area contributed by atoms with Gasteiger partial charge in [-0.1, -0.05) is 24.3 Å². The molecule has 6 nitrogen and oxygen atoms in total. The van der Waals surface area contributed by atoms with Crippen LogP contribution in [0.2, 0.25) is 0 Å². The summed E-state index contributed by atoms with van der Waals surface area (Å²) < 4.78 is 6.19. The minimum atomic E-state index is 0.231. The molecule has 3 aromatic rings. The van der Waals surface area contributed by atoms with Gasteiger partial charge in [-0.25, -0.2) is 9.97 Å². The van der Waals surface area contributed by atoms with Crippen LogP contribution in [-0.4, -0.2) is 34.1 Å². The number of rotatable bonds is 5. The summed E-state index contributed by atoms with van der Waals surface area (Å²) in [5.41, 5.74) is 9.50. The molecule has 1 saturated heterocycles. The summed E-state index contributed by atoms with van der Waals surface area (Å²) in [6.45, 7) is 2.81. The first-order valence-electron chi connectivity index (χ1n) is 9.75. The first-order valence-corrected chi connectivity index (χ1v) is 9.75. The molecular formula is C23H23N5O. The van der Waals surface area contributed by atoms with Gasteiger partial charge in [0.05, 0.1) is 11.6 Å². The topological polar surface area (TPSA) is 88.1 Å². The molecule has 0 saturated carbocycles. The Balaban J connectivity index is 1.29. The molecule has 4 rings (SSSR count). The van der Waals surface area contributed by atoms with Gasteiger partial charge in [0.1, 0.15) is 11.9 Å². The maximum Gasteiger partial charge on any atom is 0.219 e. The number of aromatic nitrogens is 2. The maximum atomic E-state index is 8.91. The number of nitriles is 1. The van der Waals surface area contributed by atoms with Gasteiger partial charge < -0.3 is 10.5 Å². The summed E-state index contributed by atoms with van der Waals surface area (Å²) in [7, 11) is 0. The first kappa shape index (κ1) is 18.9. The lowest BCUT2D eigenvalue weighted by atomic mass is 10.0. The molecule has 2 N–H and O–H groups in total. The number of nitrogen functional groups attached to an aromatic ring is 1. The van der Waals surface area contributed by atoms with Gasteiger partial charge in [-0.3, -0.25) is 4.90 Å². The monoisotopic (exact) mass is 385 g/mol. The van der Waals surface area contributed by atoms with Gasteiger partial charge in [-0.05, 0) is 48.2 Å². The van der Waals surface area contributed by atoms with Crippen LogP contribution in [0.1, 0.15) is 24.0 Å². The molecule has 1 aromatic heterocycles. The fraction of sp³-hybridized carbons (Fsp3) is 0.261. The third-order valence-electron chi connectivity index (χ3n) is 5.17. The van der Waals surface area contributed by atoms with Gasteiger partial charge >= 0.3 is 0 Å². The van der Waals surface area contributed by atoms with Crippen molar-refractivity contribution in [3.63, 3.8) is 0 Å². The molecule has 29 heavy (non-hydrogen) atoms. The summed E-state index contributed by atoms with van der Waals surface area (Å²) in [5.74, 6) is 1.21. The van der Waals surface area contributed by atoms with E-state index in [-0.39, 0.29) is 6.10 Å². The van der Waals surface area contributed by atoms with Gasteiger partial charge in [-0.2, -0.15) is 5.26 Å². The molecule has 6 heteroatoms. The second-order valence-electron chi connectivity index (χ2n) is 7.26. The first-order chi connectivity index (χ1) is 14.2. The van der Waals surface area contributed by atoms with Crippen LogP contribution in [-0.2, 0) is 6.54 Å². The number of benzene rings is 2. The molecule has 0 unspecified atom stereocenters. The SMILES string of the molecule is N#Cc1ccc(-c2ccc(OC3CCN(Cc4cnc(N)nc4)CC3)cc2)cc1. The summed E-state index contributed by atoms with van der Waals surface area (Å²) in [6, 6.07) is 17.9. The Bertz CT molecular complexity index is 970.